The highest BCUT2D eigenvalue weighted by Gasteiger charge is 2.12. The summed E-state index contributed by atoms with van der Waals surface area (Å²) >= 11 is 0. The smallest absolute Gasteiger partial charge is 0.268 e. The summed E-state index contributed by atoms with van der Waals surface area (Å²) in [6.45, 7) is 7.79. The predicted molar refractivity (Wildman–Crippen MR) is 82.3 cm³/mol. The molecular weight excluding hydrogens is 252 g/mol. The standard InChI is InChI=1S/C15H26N4O/c1-3-13(2)16-7-10-19-15(20)11-14(12-17-19)18-8-5-4-6-9-18/h11-13,16H,3-10H2,1-2H3. The van der Waals surface area contributed by atoms with E-state index in [0.717, 1.165) is 31.7 Å². The van der Waals surface area contributed by atoms with E-state index in [-0.39, 0.29) is 5.56 Å². The Labute approximate surface area is 121 Å². The highest BCUT2D eigenvalue weighted by atomic mass is 16.1. The summed E-state index contributed by atoms with van der Waals surface area (Å²) in [5.74, 6) is 0. The fourth-order valence-corrected chi connectivity index (χ4v) is 2.48. The lowest BCUT2D eigenvalue weighted by atomic mass is 10.1. The molecule has 0 aromatic carbocycles. The second-order valence-electron chi connectivity index (χ2n) is 5.59. The molecule has 2 rings (SSSR count). The predicted octanol–water partition coefficient (Wildman–Crippen LogP) is 1.62. The quantitative estimate of drug-likeness (QED) is 0.859. The fourth-order valence-electron chi connectivity index (χ4n) is 2.48. The van der Waals surface area contributed by atoms with Gasteiger partial charge in [-0.05, 0) is 32.6 Å². The van der Waals surface area contributed by atoms with Crippen LogP contribution in [0.1, 0.15) is 39.5 Å². The number of rotatable bonds is 6. The molecule has 2 heterocycles. The van der Waals surface area contributed by atoms with Gasteiger partial charge >= 0.3 is 0 Å². The molecule has 1 aliphatic heterocycles. The van der Waals surface area contributed by atoms with Crippen molar-refractivity contribution in [2.24, 2.45) is 0 Å². The third-order valence-electron chi connectivity index (χ3n) is 4.01. The van der Waals surface area contributed by atoms with Gasteiger partial charge in [0, 0.05) is 31.7 Å². The van der Waals surface area contributed by atoms with E-state index in [0.29, 0.717) is 12.6 Å². The van der Waals surface area contributed by atoms with Gasteiger partial charge in [0.05, 0.1) is 18.4 Å². The first-order chi connectivity index (χ1) is 9.70. The Balaban J connectivity index is 1.93. The van der Waals surface area contributed by atoms with Crippen LogP contribution in [0.2, 0.25) is 0 Å². The minimum atomic E-state index is -0.000903. The van der Waals surface area contributed by atoms with Gasteiger partial charge in [-0.25, -0.2) is 4.68 Å². The summed E-state index contributed by atoms with van der Waals surface area (Å²) in [4.78, 5) is 14.3. The molecule has 0 spiro atoms. The molecule has 1 unspecified atom stereocenters. The molecule has 1 aliphatic rings. The number of piperidine rings is 1. The van der Waals surface area contributed by atoms with Gasteiger partial charge < -0.3 is 10.2 Å². The van der Waals surface area contributed by atoms with E-state index in [1.54, 1.807) is 10.7 Å². The van der Waals surface area contributed by atoms with Crippen LogP contribution >= 0.6 is 0 Å². The van der Waals surface area contributed by atoms with Gasteiger partial charge in [0.1, 0.15) is 0 Å². The minimum absolute atomic E-state index is 0.000903. The van der Waals surface area contributed by atoms with Gasteiger partial charge in [0.2, 0.25) is 0 Å². The Morgan fingerprint density at radius 1 is 1.35 bits per heavy atom. The molecule has 1 saturated heterocycles. The Morgan fingerprint density at radius 3 is 2.75 bits per heavy atom. The number of hydrogen-bond acceptors (Lipinski definition) is 4. The molecule has 0 saturated carbocycles. The van der Waals surface area contributed by atoms with E-state index in [9.17, 15) is 4.79 Å². The molecule has 1 aromatic rings. The van der Waals surface area contributed by atoms with Crippen LogP contribution in [-0.4, -0.2) is 35.5 Å². The zero-order chi connectivity index (χ0) is 14.4. The van der Waals surface area contributed by atoms with Crippen molar-refractivity contribution in [3.05, 3.63) is 22.6 Å². The van der Waals surface area contributed by atoms with E-state index < -0.39 is 0 Å². The Kier molecular flexibility index (Phi) is 5.59. The minimum Gasteiger partial charge on any atom is -0.370 e. The van der Waals surface area contributed by atoms with Gasteiger partial charge in [-0.1, -0.05) is 6.92 Å². The van der Waals surface area contributed by atoms with Crippen molar-refractivity contribution in [3.63, 3.8) is 0 Å². The van der Waals surface area contributed by atoms with E-state index >= 15 is 0 Å². The lowest BCUT2D eigenvalue weighted by Gasteiger charge is -2.28. The van der Waals surface area contributed by atoms with Crippen molar-refractivity contribution in [1.82, 2.24) is 15.1 Å². The number of hydrogen-bond donors (Lipinski definition) is 1. The number of nitrogens with one attached hydrogen (secondary N) is 1. The van der Waals surface area contributed by atoms with Gasteiger partial charge in [0.25, 0.3) is 5.56 Å². The SMILES string of the molecule is CCC(C)NCCn1ncc(N2CCCCC2)cc1=O. The molecule has 5 heteroatoms. The summed E-state index contributed by atoms with van der Waals surface area (Å²) < 4.78 is 1.54. The highest BCUT2D eigenvalue weighted by molar-refractivity contribution is 5.43. The third-order valence-corrected chi connectivity index (χ3v) is 4.01. The van der Waals surface area contributed by atoms with Crippen LogP contribution in [0.4, 0.5) is 5.69 Å². The molecule has 5 nitrogen and oxygen atoms in total. The Hall–Kier alpha value is -1.36. The van der Waals surface area contributed by atoms with E-state index in [2.05, 4.69) is 29.2 Å². The van der Waals surface area contributed by atoms with Crippen molar-refractivity contribution in [3.8, 4) is 0 Å². The maximum atomic E-state index is 12.1. The molecule has 0 bridgehead atoms. The average molecular weight is 278 g/mol. The van der Waals surface area contributed by atoms with E-state index in [1.807, 2.05) is 6.20 Å². The number of nitrogens with zero attached hydrogens (tertiary/aromatic N) is 3. The first-order valence-electron chi connectivity index (χ1n) is 7.76. The second-order valence-corrected chi connectivity index (χ2v) is 5.59. The first-order valence-corrected chi connectivity index (χ1v) is 7.76. The monoisotopic (exact) mass is 278 g/mol. The van der Waals surface area contributed by atoms with E-state index in [1.165, 1.54) is 19.3 Å². The largest absolute Gasteiger partial charge is 0.370 e. The molecule has 20 heavy (non-hydrogen) atoms. The van der Waals surface area contributed by atoms with Gasteiger partial charge in [0.15, 0.2) is 0 Å². The van der Waals surface area contributed by atoms with Gasteiger partial charge in [-0.15, -0.1) is 0 Å². The topological polar surface area (TPSA) is 50.2 Å². The lowest BCUT2D eigenvalue weighted by molar-refractivity contribution is 0.475. The number of aromatic nitrogens is 2. The van der Waals surface area contributed by atoms with Crippen LogP contribution in [0.5, 0.6) is 0 Å². The maximum absolute atomic E-state index is 12.1. The van der Waals surface area contributed by atoms with Gasteiger partial charge in [-0.2, -0.15) is 5.10 Å². The van der Waals surface area contributed by atoms with Crippen LogP contribution in [0, 0.1) is 0 Å². The molecule has 0 aliphatic carbocycles. The summed E-state index contributed by atoms with van der Waals surface area (Å²) in [6, 6.07) is 2.21. The van der Waals surface area contributed by atoms with Crippen LogP contribution in [0.15, 0.2) is 17.1 Å². The molecule has 1 atom stereocenters. The Morgan fingerprint density at radius 2 is 2.10 bits per heavy atom. The summed E-state index contributed by atoms with van der Waals surface area (Å²) in [5.41, 5.74) is 0.972. The fraction of sp³-hybridized carbons (Fsp3) is 0.733. The summed E-state index contributed by atoms with van der Waals surface area (Å²) in [6.07, 6.45) is 6.64. The molecule has 1 aromatic heterocycles. The van der Waals surface area contributed by atoms with E-state index in [4.69, 9.17) is 0 Å². The van der Waals surface area contributed by atoms with Crippen molar-refractivity contribution < 1.29 is 0 Å². The lowest BCUT2D eigenvalue weighted by Crippen LogP contribution is -2.34. The third kappa shape index (κ3) is 4.07. The van der Waals surface area contributed by atoms with Crippen LogP contribution in [0.25, 0.3) is 0 Å². The molecular formula is C15H26N4O. The molecule has 0 amide bonds. The molecule has 112 valence electrons. The molecule has 1 fully saturated rings. The maximum Gasteiger partial charge on any atom is 0.268 e. The van der Waals surface area contributed by atoms with Crippen molar-refractivity contribution in [2.75, 3.05) is 24.5 Å². The van der Waals surface area contributed by atoms with Crippen molar-refractivity contribution in [2.45, 2.75) is 52.1 Å². The summed E-state index contributed by atoms with van der Waals surface area (Å²) in [7, 11) is 0. The van der Waals surface area contributed by atoms with Gasteiger partial charge in [-0.3, -0.25) is 4.79 Å². The molecule has 1 N–H and O–H groups in total. The first kappa shape index (κ1) is 15.0. The normalized spacial score (nSPS) is 17.2. The summed E-state index contributed by atoms with van der Waals surface area (Å²) in [5, 5.41) is 7.67. The zero-order valence-corrected chi connectivity index (χ0v) is 12.6. The Bertz CT molecular complexity index is 465. The zero-order valence-electron chi connectivity index (χ0n) is 12.6. The van der Waals surface area contributed by atoms with Crippen LogP contribution in [0.3, 0.4) is 0 Å². The highest BCUT2D eigenvalue weighted by Crippen LogP contribution is 2.16. The van der Waals surface area contributed by atoms with Crippen LogP contribution < -0.4 is 15.8 Å². The van der Waals surface area contributed by atoms with Crippen LogP contribution in [-0.2, 0) is 6.54 Å². The van der Waals surface area contributed by atoms with Crippen molar-refractivity contribution >= 4 is 5.69 Å². The number of anilines is 1. The second kappa shape index (κ2) is 7.43. The van der Waals surface area contributed by atoms with Crippen molar-refractivity contribution in [1.29, 1.82) is 0 Å². The molecule has 0 radical (unpaired) electrons. The average Bonchev–Trinajstić information content (AvgIpc) is 2.49.